The van der Waals surface area contributed by atoms with Crippen molar-refractivity contribution in [2.45, 2.75) is 38.5 Å². The molecule has 124 valence electrons. The number of benzene rings is 1. The molecule has 0 fully saturated rings. The third kappa shape index (κ3) is 4.48. The molecular formula is C16H20ClN3O2S. The average Bonchev–Trinajstić information content (AvgIpc) is 2.78. The third-order valence-electron chi connectivity index (χ3n) is 3.03. The number of hydrogen-bond donors (Lipinski definition) is 1. The van der Waals surface area contributed by atoms with Crippen molar-refractivity contribution in [3.63, 3.8) is 0 Å². The van der Waals surface area contributed by atoms with Gasteiger partial charge in [0.1, 0.15) is 6.54 Å². The van der Waals surface area contributed by atoms with Gasteiger partial charge in [0.25, 0.3) is 5.91 Å². The van der Waals surface area contributed by atoms with E-state index in [9.17, 15) is 9.59 Å². The Balaban J connectivity index is 2.14. The van der Waals surface area contributed by atoms with E-state index in [1.807, 2.05) is 26.8 Å². The molecule has 1 aromatic carbocycles. The van der Waals surface area contributed by atoms with Crippen molar-refractivity contribution in [2.24, 2.45) is 4.99 Å². The summed E-state index contributed by atoms with van der Waals surface area (Å²) < 4.78 is 0. The smallest absolute Gasteiger partial charge is 0.254 e. The van der Waals surface area contributed by atoms with Crippen molar-refractivity contribution >= 4 is 46.0 Å². The molecule has 5 nitrogen and oxygen atoms in total. The highest BCUT2D eigenvalue weighted by Crippen LogP contribution is 2.31. The number of aliphatic imine (C=N–C) groups is 1. The van der Waals surface area contributed by atoms with Gasteiger partial charge >= 0.3 is 0 Å². The molecule has 0 saturated heterocycles. The molecular weight excluding hydrogens is 334 g/mol. The molecule has 23 heavy (non-hydrogen) atoms. The number of rotatable bonds is 3. The van der Waals surface area contributed by atoms with E-state index in [2.05, 4.69) is 10.3 Å². The standard InChI is InChI=1S/C16H20ClN3O2S/c1-10(14(22)19-16(2,3)4)23-15-18-9-13(21)20(15)12-8-6-5-7-11(12)17/h5-8,10H,9H2,1-4H3,(H,19,22)/t10-/m0/s1. The number of para-hydroxylation sites is 1. The van der Waals surface area contributed by atoms with E-state index >= 15 is 0 Å². The second-order valence-electron chi connectivity index (χ2n) is 6.28. The van der Waals surface area contributed by atoms with Gasteiger partial charge in [0.05, 0.1) is 16.0 Å². The lowest BCUT2D eigenvalue weighted by atomic mass is 10.1. The monoisotopic (exact) mass is 353 g/mol. The van der Waals surface area contributed by atoms with E-state index in [-0.39, 0.29) is 29.1 Å². The van der Waals surface area contributed by atoms with Crippen LogP contribution in [0.4, 0.5) is 5.69 Å². The maximum atomic E-state index is 12.2. The zero-order valence-electron chi connectivity index (χ0n) is 13.6. The van der Waals surface area contributed by atoms with Gasteiger partial charge in [0, 0.05) is 5.54 Å². The number of hydrogen-bond acceptors (Lipinski definition) is 4. The summed E-state index contributed by atoms with van der Waals surface area (Å²) in [5.74, 6) is -0.243. The number of halogens is 1. The second kappa shape index (κ2) is 6.93. The van der Waals surface area contributed by atoms with Gasteiger partial charge in [0.2, 0.25) is 5.91 Å². The summed E-state index contributed by atoms with van der Waals surface area (Å²) in [6.07, 6.45) is 0. The molecule has 1 heterocycles. The molecule has 1 atom stereocenters. The van der Waals surface area contributed by atoms with Crippen LogP contribution in [0.25, 0.3) is 0 Å². The lowest BCUT2D eigenvalue weighted by Gasteiger charge is -2.24. The molecule has 0 aromatic heterocycles. The first-order chi connectivity index (χ1) is 10.7. The summed E-state index contributed by atoms with van der Waals surface area (Å²) in [5, 5.41) is 3.53. The number of carbonyl (C=O) groups is 2. The summed E-state index contributed by atoms with van der Waals surface area (Å²) >= 11 is 7.44. The lowest BCUT2D eigenvalue weighted by molar-refractivity contribution is -0.121. The second-order valence-corrected chi connectivity index (χ2v) is 7.99. The van der Waals surface area contributed by atoms with Crippen LogP contribution in [0, 0.1) is 0 Å². The molecule has 1 aliphatic heterocycles. The maximum absolute atomic E-state index is 12.2. The summed E-state index contributed by atoms with van der Waals surface area (Å²) in [4.78, 5) is 30.1. The van der Waals surface area contributed by atoms with Crippen LogP contribution in [-0.4, -0.2) is 34.3 Å². The summed E-state index contributed by atoms with van der Waals surface area (Å²) in [6, 6.07) is 7.10. The Hall–Kier alpha value is -1.53. The molecule has 2 amide bonds. The van der Waals surface area contributed by atoms with Crippen LogP contribution in [0.2, 0.25) is 5.02 Å². The van der Waals surface area contributed by atoms with Crippen LogP contribution in [0.1, 0.15) is 27.7 Å². The number of amidine groups is 1. The Morgan fingerprint density at radius 1 is 1.39 bits per heavy atom. The molecule has 0 spiro atoms. The van der Waals surface area contributed by atoms with Gasteiger partial charge in [-0.3, -0.25) is 19.5 Å². The highest BCUT2D eigenvalue weighted by atomic mass is 35.5. The van der Waals surface area contributed by atoms with Crippen LogP contribution in [0.5, 0.6) is 0 Å². The van der Waals surface area contributed by atoms with Gasteiger partial charge in [-0.2, -0.15) is 0 Å². The van der Waals surface area contributed by atoms with Gasteiger partial charge in [0.15, 0.2) is 5.17 Å². The minimum atomic E-state index is -0.371. The van der Waals surface area contributed by atoms with Gasteiger partial charge in [-0.15, -0.1) is 0 Å². The van der Waals surface area contributed by atoms with Crippen molar-refractivity contribution in [1.82, 2.24) is 5.32 Å². The molecule has 1 N–H and O–H groups in total. The molecule has 0 saturated carbocycles. The van der Waals surface area contributed by atoms with E-state index < -0.39 is 0 Å². The Kier molecular flexibility index (Phi) is 5.37. The largest absolute Gasteiger partial charge is 0.351 e. The quantitative estimate of drug-likeness (QED) is 0.908. The normalized spacial score (nSPS) is 16.3. The molecule has 1 aliphatic rings. The molecule has 0 radical (unpaired) electrons. The predicted molar refractivity (Wildman–Crippen MR) is 96.2 cm³/mol. The SMILES string of the molecule is C[C@H](SC1=NCC(=O)N1c1ccccc1Cl)C(=O)NC(C)(C)C. The molecule has 0 bridgehead atoms. The number of thioether (sulfide) groups is 1. The van der Waals surface area contributed by atoms with E-state index in [4.69, 9.17) is 11.6 Å². The fourth-order valence-corrected chi connectivity index (χ4v) is 3.17. The van der Waals surface area contributed by atoms with Crippen molar-refractivity contribution in [1.29, 1.82) is 0 Å². The highest BCUT2D eigenvalue weighted by Gasteiger charge is 2.32. The molecule has 1 aromatic rings. The van der Waals surface area contributed by atoms with Crippen molar-refractivity contribution < 1.29 is 9.59 Å². The molecule has 2 rings (SSSR count). The summed E-state index contributed by atoms with van der Waals surface area (Å²) in [6.45, 7) is 7.64. The van der Waals surface area contributed by atoms with Crippen molar-refractivity contribution in [3.05, 3.63) is 29.3 Å². The molecule has 0 aliphatic carbocycles. The Bertz CT molecular complexity index is 655. The number of anilines is 1. The van der Waals surface area contributed by atoms with E-state index in [1.54, 1.807) is 25.1 Å². The van der Waals surface area contributed by atoms with Gasteiger partial charge < -0.3 is 5.32 Å². The van der Waals surface area contributed by atoms with Gasteiger partial charge in [-0.1, -0.05) is 35.5 Å². The van der Waals surface area contributed by atoms with Crippen LogP contribution in [-0.2, 0) is 9.59 Å². The Morgan fingerprint density at radius 2 is 2.04 bits per heavy atom. The first kappa shape index (κ1) is 17.8. The number of amides is 2. The topological polar surface area (TPSA) is 61.8 Å². The summed E-state index contributed by atoms with van der Waals surface area (Å²) in [7, 11) is 0. The zero-order chi connectivity index (χ0) is 17.2. The first-order valence-electron chi connectivity index (χ1n) is 7.29. The van der Waals surface area contributed by atoms with E-state index in [0.717, 1.165) is 0 Å². The van der Waals surface area contributed by atoms with Crippen molar-refractivity contribution in [2.75, 3.05) is 11.4 Å². The van der Waals surface area contributed by atoms with Crippen LogP contribution in [0.15, 0.2) is 29.3 Å². The first-order valence-corrected chi connectivity index (χ1v) is 8.55. The predicted octanol–water partition coefficient (Wildman–Crippen LogP) is 3.08. The van der Waals surface area contributed by atoms with Gasteiger partial charge in [-0.25, -0.2) is 0 Å². The Labute approximate surface area is 145 Å². The number of carbonyl (C=O) groups excluding carboxylic acids is 2. The maximum Gasteiger partial charge on any atom is 0.254 e. The molecule has 0 unspecified atom stereocenters. The minimum absolute atomic E-state index is 0.0706. The van der Waals surface area contributed by atoms with Crippen LogP contribution in [0.3, 0.4) is 0 Å². The number of nitrogens with one attached hydrogen (secondary N) is 1. The van der Waals surface area contributed by atoms with E-state index in [1.165, 1.54) is 16.7 Å². The fourth-order valence-electron chi connectivity index (χ4n) is 2.03. The minimum Gasteiger partial charge on any atom is -0.351 e. The third-order valence-corrected chi connectivity index (χ3v) is 4.44. The van der Waals surface area contributed by atoms with Crippen LogP contribution >= 0.6 is 23.4 Å². The summed E-state index contributed by atoms with van der Waals surface area (Å²) in [5.41, 5.74) is 0.285. The molecule has 7 heteroatoms. The fraction of sp³-hybridized carbons (Fsp3) is 0.438. The lowest BCUT2D eigenvalue weighted by Crippen LogP contribution is -2.45. The van der Waals surface area contributed by atoms with Crippen LogP contribution < -0.4 is 10.2 Å². The van der Waals surface area contributed by atoms with E-state index in [0.29, 0.717) is 15.9 Å². The van der Waals surface area contributed by atoms with Gasteiger partial charge in [-0.05, 0) is 39.8 Å². The highest BCUT2D eigenvalue weighted by molar-refractivity contribution is 8.15. The number of nitrogens with zero attached hydrogens (tertiary/aromatic N) is 2. The zero-order valence-corrected chi connectivity index (χ0v) is 15.2. The van der Waals surface area contributed by atoms with Crippen molar-refractivity contribution in [3.8, 4) is 0 Å². The average molecular weight is 354 g/mol. The Morgan fingerprint density at radius 3 is 2.65 bits per heavy atom.